The molecule has 0 saturated carbocycles. The number of carboxylic acids is 1. The molecule has 0 heterocycles. The molecule has 2 N–H and O–H groups in total. The SMILES string of the molecule is O=C(O)C(F)(F)C(=O)Nc1cccc(C(F)(F)F)c1. The smallest absolute Gasteiger partial charge is 0.418 e. The van der Waals surface area contributed by atoms with Crippen LogP contribution in [0.4, 0.5) is 27.6 Å². The topological polar surface area (TPSA) is 66.4 Å². The van der Waals surface area contributed by atoms with E-state index < -0.39 is 35.2 Å². The first-order valence-corrected chi connectivity index (χ1v) is 4.65. The highest BCUT2D eigenvalue weighted by molar-refractivity contribution is 6.09. The van der Waals surface area contributed by atoms with Crippen LogP contribution >= 0.6 is 0 Å². The van der Waals surface area contributed by atoms with Crippen molar-refractivity contribution < 1.29 is 36.6 Å². The molecule has 0 atom stereocenters. The van der Waals surface area contributed by atoms with Gasteiger partial charge in [-0.05, 0) is 18.2 Å². The van der Waals surface area contributed by atoms with E-state index in [1.165, 1.54) is 5.32 Å². The highest BCUT2D eigenvalue weighted by atomic mass is 19.4. The summed E-state index contributed by atoms with van der Waals surface area (Å²) in [5, 5.41) is 9.49. The van der Waals surface area contributed by atoms with Gasteiger partial charge >= 0.3 is 24.0 Å². The van der Waals surface area contributed by atoms with Crippen LogP contribution in [0.1, 0.15) is 5.56 Å². The van der Waals surface area contributed by atoms with Crippen LogP contribution in [-0.2, 0) is 15.8 Å². The summed E-state index contributed by atoms with van der Waals surface area (Å²) in [5.41, 5.74) is -1.75. The number of halogens is 5. The second kappa shape index (κ2) is 4.82. The Bertz CT molecular complexity index is 512. The van der Waals surface area contributed by atoms with Crippen molar-refractivity contribution in [1.82, 2.24) is 0 Å². The van der Waals surface area contributed by atoms with Gasteiger partial charge in [-0.3, -0.25) is 4.79 Å². The van der Waals surface area contributed by atoms with Crippen molar-refractivity contribution in [3.8, 4) is 0 Å². The average molecular weight is 283 g/mol. The molecule has 9 heteroatoms. The van der Waals surface area contributed by atoms with E-state index in [2.05, 4.69) is 0 Å². The van der Waals surface area contributed by atoms with Gasteiger partial charge in [0.1, 0.15) is 0 Å². The summed E-state index contributed by atoms with van der Waals surface area (Å²) in [6.45, 7) is 0. The van der Waals surface area contributed by atoms with Crippen LogP contribution in [0.25, 0.3) is 0 Å². The third kappa shape index (κ3) is 3.39. The number of nitrogens with one attached hydrogen (secondary N) is 1. The lowest BCUT2D eigenvalue weighted by molar-refractivity contribution is -0.170. The normalized spacial score (nSPS) is 12.1. The van der Waals surface area contributed by atoms with Crippen molar-refractivity contribution in [2.75, 3.05) is 5.32 Å². The third-order valence-corrected chi connectivity index (χ3v) is 2.00. The minimum Gasteiger partial charge on any atom is -0.476 e. The molecule has 1 amide bonds. The Morgan fingerprint density at radius 1 is 1.11 bits per heavy atom. The standard InChI is InChI=1S/C10H6F5NO3/c11-9(12,8(18)19)7(17)16-6-3-1-2-5(4-6)10(13,14)15/h1-4H,(H,16,17)(H,18,19). The summed E-state index contributed by atoms with van der Waals surface area (Å²) in [7, 11) is 0. The molecule has 0 aliphatic heterocycles. The summed E-state index contributed by atoms with van der Waals surface area (Å²) in [6, 6.07) is 2.89. The molecule has 104 valence electrons. The van der Waals surface area contributed by atoms with Crippen molar-refractivity contribution in [1.29, 1.82) is 0 Å². The molecule has 0 bridgehead atoms. The van der Waals surface area contributed by atoms with Crippen LogP contribution < -0.4 is 5.32 Å². The first kappa shape index (κ1) is 14.9. The Morgan fingerprint density at radius 3 is 2.16 bits per heavy atom. The van der Waals surface area contributed by atoms with E-state index in [9.17, 15) is 31.5 Å². The number of hydrogen-bond donors (Lipinski definition) is 2. The van der Waals surface area contributed by atoms with Crippen molar-refractivity contribution in [2.24, 2.45) is 0 Å². The van der Waals surface area contributed by atoms with E-state index in [1.807, 2.05) is 0 Å². The number of amides is 1. The zero-order valence-electron chi connectivity index (χ0n) is 8.96. The number of carbonyl (C=O) groups excluding carboxylic acids is 1. The number of rotatable bonds is 3. The Labute approximate surface area is 102 Å². The summed E-state index contributed by atoms with van der Waals surface area (Å²) >= 11 is 0. The van der Waals surface area contributed by atoms with E-state index in [0.717, 1.165) is 12.1 Å². The fraction of sp³-hybridized carbons (Fsp3) is 0.200. The Hall–Kier alpha value is -2.19. The number of anilines is 1. The summed E-state index contributed by atoms with van der Waals surface area (Å²) in [6.07, 6.45) is -4.71. The van der Waals surface area contributed by atoms with Gasteiger partial charge in [-0.1, -0.05) is 6.07 Å². The monoisotopic (exact) mass is 283 g/mol. The highest BCUT2D eigenvalue weighted by Gasteiger charge is 2.47. The predicted octanol–water partition coefficient (Wildman–Crippen LogP) is 2.36. The molecule has 0 spiro atoms. The number of hydrogen-bond acceptors (Lipinski definition) is 2. The second-order valence-electron chi connectivity index (χ2n) is 3.41. The zero-order valence-corrected chi connectivity index (χ0v) is 8.96. The molecule has 0 unspecified atom stereocenters. The maximum Gasteiger partial charge on any atom is 0.418 e. The lowest BCUT2D eigenvalue weighted by Crippen LogP contribution is -2.41. The lowest BCUT2D eigenvalue weighted by Gasteiger charge is -2.13. The van der Waals surface area contributed by atoms with Gasteiger partial charge in [0.25, 0.3) is 0 Å². The fourth-order valence-electron chi connectivity index (χ4n) is 1.08. The Kier molecular flexibility index (Phi) is 3.78. The van der Waals surface area contributed by atoms with Crippen molar-refractivity contribution in [3.05, 3.63) is 29.8 Å². The third-order valence-electron chi connectivity index (χ3n) is 2.00. The quantitative estimate of drug-likeness (QED) is 0.661. The summed E-state index contributed by atoms with van der Waals surface area (Å²) in [5.74, 6) is -9.65. The van der Waals surface area contributed by atoms with E-state index in [1.54, 1.807) is 0 Å². The van der Waals surface area contributed by atoms with Crippen LogP contribution in [0.2, 0.25) is 0 Å². The van der Waals surface area contributed by atoms with E-state index in [0.29, 0.717) is 12.1 Å². The van der Waals surface area contributed by atoms with Gasteiger partial charge in [-0.15, -0.1) is 0 Å². The molecule has 1 aromatic rings. The van der Waals surface area contributed by atoms with Gasteiger partial charge in [0.15, 0.2) is 0 Å². The largest absolute Gasteiger partial charge is 0.476 e. The molecular weight excluding hydrogens is 277 g/mol. The number of alkyl halides is 5. The van der Waals surface area contributed by atoms with Gasteiger partial charge < -0.3 is 10.4 Å². The molecule has 19 heavy (non-hydrogen) atoms. The average Bonchev–Trinajstić information content (AvgIpc) is 2.27. The second-order valence-corrected chi connectivity index (χ2v) is 3.41. The van der Waals surface area contributed by atoms with Crippen LogP contribution in [0.15, 0.2) is 24.3 Å². The van der Waals surface area contributed by atoms with Crippen LogP contribution in [0, 0.1) is 0 Å². The van der Waals surface area contributed by atoms with Gasteiger partial charge in [0, 0.05) is 5.69 Å². The number of benzene rings is 1. The Morgan fingerprint density at radius 2 is 1.68 bits per heavy atom. The van der Waals surface area contributed by atoms with E-state index in [4.69, 9.17) is 5.11 Å². The first-order valence-electron chi connectivity index (χ1n) is 4.65. The Balaban J connectivity index is 2.96. The molecule has 0 radical (unpaired) electrons. The highest BCUT2D eigenvalue weighted by Crippen LogP contribution is 2.31. The van der Waals surface area contributed by atoms with Crippen molar-refractivity contribution in [2.45, 2.75) is 12.1 Å². The molecule has 0 saturated heterocycles. The maximum absolute atomic E-state index is 12.7. The molecule has 0 fully saturated rings. The summed E-state index contributed by atoms with van der Waals surface area (Å²) < 4.78 is 62.4. The minimum atomic E-state index is -4.73. The van der Waals surface area contributed by atoms with Crippen LogP contribution in [0.3, 0.4) is 0 Å². The number of carbonyl (C=O) groups is 2. The summed E-state index contributed by atoms with van der Waals surface area (Å²) in [4.78, 5) is 21.0. The molecular formula is C10H6F5NO3. The van der Waals surface area contributed by atoms with Gasteiger partial charge in [0.2, 0.25) is 0 Å². The molecule has 1 rings (SSSR count). The van der Waals surface area contributed by atoms with E-state index in [-0.39, 0.29) is 0 Å². The number of carboxylic acid groups (broad SMARTS) is 1. The predicted molar refractivity (Wildman–Crippen MR) is 52.7 cm³/mol. The molecule has 4 nitrogen and oxygen atoms in total. The lowest BCUT2D eigenvalue weighted by atomic mass is 10.2. The first-order chi connectivity index (χ1) is 8.55. The number of aliphatic carboxylic acids is 1. The van der Waals surface area contributed by atoms with Crippen molar-refractivity contribution in [3.63, 3.8) is 0 Å². The van der Waals surface area contributed by atoms with Gasteiger partial charge in [-0.2, -0.15) is 22.0 Å². The molecule has 0 aliphatic carbocycles. The molecule has 0 aromatic heterocycles. The fourth-order valence-corrected chi connectivity index (χ4v) is 1.08. The van der Waals surface area contributed by atoms with Crippen LogP contribution in [0.5, 0.6) is 0 Å². The van der Waals surface area contributed by atoms with Gasteiger partial charge in [0.05, 0.1) is 5.56 Å². The molecule has 1 aromatic carbocycles. The van der Waals surface area contributed by atoms with E-state index >= 15 is 0 Å². The van der Waals surface area contributed by atoms with Crippen molar-refractivity contribution >= 4 is 17.6 Å². The van der Waals surface area contributed by atoms with Gasteiger partial charge in [-0.25, -0.2) is 4.79 Å². The maximum atomic E-state index is 12.7. The molecule has 0 aliphatic rings. The van der Waals surface area contributed by atoms with Crippen LogP contribution in [-0.4, -0.2) is 22.9 Å². The minimum absolute atomic E-state index is 0.413. The zero-order chi connectivity index (χ0) is 14.8.